The maximum absolute atomic E-state index is 14.0. The summed E-state index contributed by atoms with van der Waals surface area (Å²) < 4.78 is 5.59. The Hall–Kier alpha value is -2.65. The van der Waals surface area contributed by atoms with Crippen LogP contribution in [0.2, 0.25) is 5.02 Å². The van der Waals surface area contributed by atoms with Gasteiger partial charge in [0, 0.05) is 37.5 Å². The van der Waals surface area contributed by atoms with Crippen molar-refractivity contribution < 1.29 is 23.9 Å². The number of nitrogens with zero attached hydrogens (tertiary/aromatic N) is 2. The molecule has 3 aliphatic rings. The molecule has 10 heteroatoms. The van der Waals surface area contributed by atoms with Crippen LogP contribution in [0, 0.1) is 11.3 Å². The van der Waals surface area contributed by atoms with Crippen molar-refractivity contribution in [2.75, 3.05) is 37.6 Å². The lowest BCUT2D eigenvalue weighted by molar-refractivity contribution is -0.120. The second-order valence-electron chi connectivity index (χ2n) is 10.6. The van der Waals surface area contributed by atoms with E-state index < -0.39 is 23.6 Å². The Morgan fingerprint density at radius 2 is 1.83 bits per heavy atom. The molecule has 4 amide bonds. The molecule has 35 heavy (non-hydrogen) atoms. The average Bonchev–Trinajstić information content (AvgIpc) is 2.79. The molecule has 3 aliphatic heterocycles. The number of hydrogen-bond acceptors (Lipinski definition) is 6. The Balaban J connectivity index is 1.63. The topological polar surface area (TPSA) is 108 Å². The summed E-state index contributed by atoms with van der Waals surface area (Å²) in [5.74, 6) is -0.824. The second-order valence-corrected chi connectivity index (χ2v) is 11.0. The lowest BCUT2D eigenvalue weighted by Crippen LogP contribution is -2.56. The van der Waals surface area contributed by atoms with E-state index in [1.54, 1.807) is 23.1 Å². The first-order chi connectivity index (χ1) is 16.5. The Bertz CT molecular complexity index is 1030. The molecule has 0 saturated carbocycles. The molecule has 1 spiro atoms. The van der Waals surface area contributed by atoms with Gasteiger partial charge in [0.1, 0.15) is 5.60 Å². The third kappa shape index (κ3) is 5.46. The Morgan fingerprint density at radius 1 is 1.11 bits per heavy atom. The molecule has 3 heterocycles. The van der Waals surface area contributed by atoms with Gasteiger partial charge in [-0.1, -0.05) is 11.6 Å². The summed E-state index contributed by atoms with van der Waals surface area (Å²) >= 11 is 6.39. The highest BCUT2D eigenvalue weighted by Gasteiger charge is 2.48. The highest BCUT2D eigenvalue weighted by Crippen LogP contribution is 2.46. The molecule has 3 fully saturated rings. The van der Waals surface area contributed by atoms with E-state index in [1.807, 2.05) is 20.8 Å². The van der Waals surface area contributed by atoms with Crippen molar-refractivity contribution in [2.45, 2.75) is 52.1 Å². The van der Waals surface area contributed by atoms with Gasteiger partial charge in [-0.05, 0) is 76.7 Å². The van der Waals surface area contributed by atoms with Gasteiger partial charge in [-0.2, -0.15) is 0 Å². The zero-order valence-electron chi connectivity index (χ0n) is 20.5. The standard InChI is InChI=1S/C25H33ClN4O5/c1-24(2,3)35-23(34)29-13-9-25(7-10-27-11-8-25)17(15-29)21(32)16-4-5-18(26)19(14-16)30-12-6-20(31)28-22(30)33/h4-5,14,17,27H,6-13,15H2,1-3H3,(H,28,31,33). The number of urea groups is 1. The number of Topliss-reactive ketones (excluding diaryl/α,β-unsaturated/α-hetero) is 1. The molecule has 1 aromatic rings. The van der Waals surface area contributed by atoms with Crippen molar-refractivity contribution in [3.8, 4) is 0 Å². The molecule has 190 valence electrons. The summed E-state index contributed by atoms with van der Waals surface area (Å²) in [5.41, 5.74) is -0.0120. The molecular weight excluding hydrogens is 472 g/mol. The van der Waals surface area contributed by atoms with Crippen molar-refractivity contribution in [2.24, 2.45) is 11.3 Å². The third-order valence-corrected chi connectivity index (χ3v) is 7.48. The Labute approximate surface area is 210 Å². The van der Waals surface area contributed by atoms with Gasteiger partial charge in [0.15, 0.2) is 5.78 Å². The lowest BCUT2D eigenvalue weighted by atomic mass is 9.62. The van der Waals surface area contributed by atoms with Gasteiger partial charge in [-0.15, -0.1) is 0 Å². The summed E-state index contributed by atoms with van der Waals surface area (Å²) in [6.07, 6.45) is 2.17. The molecule has 2 N–H and O–H groups in total. The van der Waals surface area contributed by atoms with E-state index in [9.17, 15) is 19.2 Å². The fraction of sp³-hybridized carbons (Fsp3) is 0.600. The van der Waals surface area contributed by atoms with E-state index in [0.717, 1.165) is 32.4 Å². The number of carbonyl (C=O) groups excluding carboxylic acids is 4. The molecular formula is C25H33ClN4O5. The Kier molecular flexibility index (Phi) is 7.11. The number of nitrogens with one attached hydrogen (secondary N) is 2. The number of anilines is 1. The lowest BCUT2D eigenvalue weighted by Gasteiger charge is -2.49. The van der Waals surface area contributed by atoms with Crippen LogP contribution in [0.3, 0.4) is 0 Å². The van der Waals surface area contributed by atoms with E-state index >= 15 is 0 Å². The van der Waals surface area contributed by atoms with Crippen LogP contribution in [0.5, 0.6) is 0 Å². The number of ketones is 1. The number of carbonyl (C=O) groups is 4. The van der Waals surface area contributed by atoms with Gasteiger partial charge < -0.3 is 15.0 Å². The zero-order chi connectivity index (χ0) is 25.4. The fourth-order valence-electron chi connectivity index (χ4n) is 5.28. The molecule has 9 nitrogen and oxygen atoms in total. The zero-order valence-corrected chi connectivity index (χ0v) is 21.2. The number of likely N-dealkylation sites (tertiary alicyclic amines) is 1. The molecule has 0 bridgehead atoms. The van der Waals surface area contributed by atoms with E-state index in [0.29, 0.717) is 22.8 Å². The summed E-state index contributed by atoms with van der Waals surface area (Å²) in [6.45, 7) is 8.14. The van der Waals surface area contributed by atoms with Crippen molar-refractivity contribution in [3.63, 3.8) is 0 Å². The van der Waals surface area contributed by atoms with Crippen molar-refractivity contribution in [3.05, 3.63) is 28.8 Å². The monoisotopic (exact) mass is 504 g/mol. The van der Waals surface area contributed by atoms with Crippen LogP contribution < -0.4 is 15.5 Å². The fourth-order valence-corrected chi connectivity index (χ4v) is 5.50. The van der Waals surface area contributed by atoms with Crippen LogP contribution in [0.1, 0.15) is 56.8 Å². The number of amides is 4. The number of halogens is 1. The second kappa shape index (κ2) is 9.78. The van der Waals surface area contributed by atoms with Gasteiger partial charge in [0.2, 0.25) is 5.91 Å². The highest BCUT2D eigenvalue weighted by molar-refractivity contribution is 6.34. The van der Waals surface area contributed by atoms with Gasteiger partial charge >= 0.3 is 12.1 Å². The van der Waals surface area contributed by atoms with Crippen LogP contribution in [0.15, 0.2) is 18.2 Å². The van der Waals surface area contributed by atoms with E-state index in [1.165, 1.54) is 4.90 Å². The van der Waals surface area contributed by atoms with Gasteiger partial charge in [-0.25, -0.2) is 9.59 Å². The van der Waals surface area contributed by atoms with Crippen LogP contribution >= 0.6 is 11.6 Å². The van der Waals surface area contributed by atoms with Gasteiger partial charge in [0.05, 0.1) is 10.7 Å². The summed E-state index contributed by atoms with van der Waals surface area (Å²) in [4.78, 5) is 53.8. The summed E-state index contributed by atoms with van der Waals surface area (Å²) in [5, 5.41) is 5.99. The van der Waals surface area contributed by atoms with Crippen molar-refractivity contribution in [1.82, 2.24) is 15.5 Å². The quantitative estimate of drug-likeness (QED) is 0.609. The van der Waals surface area contributed by atoms with Crippen molar-refractivity contribution >= 4 is 41.1 Å². The largest absolute Gasteiger partial charge is 0.444 e. The first-order valence-corrected chi connectivity index (χ1v) is 12.5. The van der Waals surface area contributed by atoms with Gasteiger partial charge in [-0.3, -0.25) is 19.8 Å². The van der Waals surface area contributed by atoms with Crippen LogP contribution in [0.25, 0.3) is 0 Å². The smallest absolute Gasteiger partial charge is 0.410 e. The number of imide groups is 1. The SMILES string of the molecule is CC(C)(C)OC(=O)N1CCC2(CCNCC2)C(C(=O)c2ccc(Cl)c(N3CCC(=O)NC3=O)c2)C1. The molecule has 1 aromatic carbocycles. The summed E-state index contributed by atoms with van der Waals surface area (Å²) in [6, 6.07) is 4.34. The molecule has 0 aliphatic carbocycles. The Morgan fingerprint density at radius 3 is 2.49 bits per heavy atom. The van der Waals surface area contributed by atoms with Gasteiger partial charge in [0.25, 0.3) is 0 Å². The van der Waals surface area contributed by atoms with Crippen LogP contribution in [0.4, 0.5) is 15.3 Å². The first-order valence-electron chi connectivity index (χ1n) is 12.1. The maximum Gasteiger partial charge on any atom is 0.410 e. The molecule has 1 atom stereocenters. The van der Waals surface area contributed by atoms with E-state index in [4.69, 9.17) is 16.3 Å². The number of piperidine rings is 2. The first kappa shape index (κ1) is 25.4. The number of benzene rings is 1. The maximum atomic E-state index is 14.0. The average molecular weight is 505 g/mol. The van der Waals surface area contributed by atoms with Crippen molar-refractivity contribution in [1.29, 1.82) is 0 Å². The predicted octanol–water partition coefficient (Wildman–Crippen LogP) is 3.60. The van der Waals surface area contributed by atoms with E-state index in [-0.39, 0.29) is 36.6 Å². The minimum absolute atomic E-state index is 0.0773. The predicted molar refractivity (Wildman–Crippen MR) is 132 cm³/mol. The third-order valence-electron chi connectivity index (χ3n) is 7.16. The van der Waals surface area contributed by atoms with E-state index in [2.05, 4.69) is 10.6 Å². The number of rotatable bonds is 3. The molecule has 1 unspecified atom stereocenters. The number of ether oxygens (including phenoxy) is 1. The molecule has 0 radical (unpaired) electrons. The number of hydrogen-bond donors (Lipinski definition) is 2. The molecule has 0 aromatic heterocycles. The minimum atomic E-state index is -0.623. The molecule has 3 saturated heterocycles. The van der Waals surface area contributed by atoms with Crippen LogP contribution in [-0.2, 0) is 9.53 Å². The van der Waals surface area contributed by atoms with Crippen LogP contribution in [-0.4, -0.2) is 67.0 Å². The highest BCUT2D eigenvalue weighted by atomic mass is 35.5. The minimum Gasteiger partial charge on any atom is -0.444 e. The molecule has 4 rings (SSSR count). The summed E-state index contributed by atoms with van der Waals surface area (Å²) in [7, 11) is 0. The normalized spacial score (nSPS) is 22.7.